The summed E-state index contributed by atoms with van der Waals surface area (Å²) in [5, 5.41) is 0. The van der Waals surface area contributed by atoms with Crippen molar-refractivity contribution in [3.05, 3.63) is 0 Å². The zero-order valence-electron chi connectivity index (χ0n) is 10.4. The topological polar surface area (TPSA) is 44.8 Å². The number of carbonyl (C=O) groups excluding carboxylic acids is 1. The Bertz CT molecular complexity index is 299. The summed E-state index contributed by atoms with van der Waals surface area (Å²) in [4.78, 5) is 11.3. The van der Waals surface area contributed by atoms with E-state index in [9.17, 15) is 13.6 Å². The lowest BCUT2D eigenvalue weighted by Gasteiger charge is -2.44. The van der Waals surface area contributed by atoms with Crippen LogP contribution in [0.25, 0.3) is 0 Å². The summed E-state index contributed by atoms with van der Waals surface area (Å²) in [6, 6.07) is 0. The maximum absolute atomic E-state index is 12.9. The van der Waals surface area contributed by atoms with Gasteiger partial charge in [0, 0.05) is 13.3 Å². The highest BCUT2D eigenvalue weighted by molar-refractivity contribution is 5.77. The third-order valence-corrected chi connectivity index (χ3v) is 3.32. The lowest BCUT2D eigenvalue weighted by atomic mass is 9.90. The molecule has 0 radical (unpaired) electrons. The first-order chi connectivity index (χ1) is 8.44. The SMILES string of the molecule is CC(F)(F)C(=O)OC1CCCCC12OCCCO2. The number of hydrogen-bond donors (Lipinski definition) is 0. The minimum absolute atomic E-state index is 0.502. The van der Waals surface area contributed by atoms with Crippen LogP contribution >= 0.6 is 0 Å². The number of halogens is 2. The molecule has 2 fully saturated rings. The summed E-state index contributed by atoms with van der Waals surface area (Å²) in [6.07, 6.45) is 2.83. The highest BCUT2D eigenvalue weighted by Gasteiger charge is 2.49. The minimum atomic E-state index is -3.48. The van der Waals surface area contributed by atoms with Crippen molar-refractivity contribution >= 4 is 5.97 Å². The normalized spacial score (nSPS) is 28.1. The minimum Gasteiger partial charge on any atom is -0.452 e. The molecule has 2 rings (SSSR count). The third-order valence-electron chi connectivity index (χ3n) is 3.32. The number of hydrogen-bond acceptors (Lipinski definition) is 4. The van der Waals surface area contributed by atoms with Gasteiger partial charge in [-0.25, -0.2) is 4.79 Å². The van der Waals surface area contributed by atoms with Crippen molar-refractivity contribution in [2.45, 2.75) is 56.8 Å². The molecule has 0 aromatic rings. The van der Waals surface area contributed by atoms with Gasteiger partial charge in [0.15, 0.2) is 6.10 Å². The van der Waals surface area contributed by atoms with Crippen molar-refractivity contribution in [3.8, 4) is 0 Å². The van der Waals surface area contributed by atoms with Gasteiger partial charge < -0.3 is 14.2 Å². The van der Waals surface area contributed by atoms with Crippen LogP contribution in [0, 0.1) is 0 Å². The van der Waals surface area contributed by atoms with Crippen molar-refractivity contribution in [1.82, 2.24) is 0 Å². The first-order valence-electron chi connectivity index (χ1n) is 6.31. The van der Waals surface area contributed by atoms with Gasteiger partial charge in [-0.2, -0.15) is 8.78 Å². The lowest BCUT2D eigenvalue weighted by Crippen LogP contribution is -2.54. The van der Waals surface area contributed by atoms with Gasteiger partial charge in [-0.05, 0) is 25.7 Å². The van der Waals surface area contributed by atoms with Crippen molar-refractivity contribution in [1.29, 1.82) is 0 Å². The van der Waals surface area contributed by atoms with E-state index in [0.29, 0.717) is 33.0 Å². The molecular formula is C12H18F2O4. The summed E-state index contributed by atoms with van der Waals surface area (Å²) >= 11 is 0. The first-order valence-corrected chi connectivity index (χ1v) is 6.31. The molecule has 4 nitrogen and oxygen atoms in total. The second-order valence-corrected chi connectivity index (χ2v) is 4.89. The largest absolute Gasteiger partial charge is 0.452 e. The number of ether oxygens (including phenoxy) is 3. The van der Waals surface area contributed by atoms with Crippen LogP contribution < -0.4 is 0 Å². The Labute approximate surface area is 105 Å². The predicted molar refractivity (Wildman–Crippen MR) is 58.2 cm³/mol. The van der Waals surface area contributed by atoms with Gasteiger partial charge in [0.25, 0.3) is 0 Å². The van der Waals surface area contributed by atoms with Gasteiger partial charge >= 0.3 is 11.9 Å². The van der Waals surface area contributed by atoms with E-state index in [4.69, 9.17) is 14.2 Å². The summed E-state index contributed by atoms with van der Waals surface area (Å²) in [5.41, 5.74) is 0. The Morgan fingerprint density at radius 3 is 2.56 bits per heavy atom. The monoisotopic (exact) mass is 264 g/mol. The van der Waals surface area contributed by atoms with E-state index in [1.54, 1.807) is 0 Å². The van der Waals surface area contributed by atoms with Crippen molar-refractivity contribution in [2.75, 3.05) is 13.2 Å². The van der Waals surface area contributed by atoms with Crippen LogP contribution in [0.3, 0.4) is 0 Å². The number of rotatable bonds is 2. The maximum Gasteiger partial charge on any atom is 0.377 e. The molecule has 0 N–H and O–H groups in total. The molecule has 1 atom stereocenters. The van der Waals surface area contributed by atoms with Crippen LogP contribution in [-0.2, 0) is 19.0 Å². The molecule has 1 spiro atoms. The van der Waals surface area contributed by atoms with E-state index in [2.05, 4.69) is 0 Å². The van der Waals surface area contributed by atoms with E-state index in [1.165, 1.54) is 0 Å². The zero-order valence-corrected chi connectivity index (χ0v) is 10.4. The van der Waals surface area contributed by atoms with Crippen molar-refractivity contribution < 1.29 is 27.8 Å². The average Bonchev–Trinajstić information content (AvgIpc) is 2.32. The Balaban J connectivity index is 2.06. The standard InChI is InChI=1S/C12H18F2O4/c1-11(13,14)10(15)18-9-5-2-3-6-12(9)16-7-4-8-17-12/h9H,2-8H2,1H3. The molecule has 1 unspecified atom stereocenters. The number of carbonyl (C=O) groups is 1. The highest BCUT2D eigenvalue weighted by atomic mass is 19.3. The Morgan fingerprint density at radius 2 is 1.94 bits per heavy atom. The van der Waals surface area contributed by atoms with Gasteiger partial charge in [0.2, 0.25) is 5.79 Å². The second-order valence-electron chi connectivity index (χ2n) is 4.89. The summed E-state index contributed by atoms with van der Waals surface area (Å²) in [5.74, 6) is -5.99. The highest BCUT2D eigenvalue weighted by Crippen LogP contribution is 2.38. The van der Waals surface area contributed by atoms with E-state index >= 15 is 0 Å². The molecule has 1 aliphatic carbocycles. The van der Waals surface area contributed by atoms with Crippen molar-refractivity contribution in [2.24, 2.45) is 0 Å². The van der Waals surface area contributed by atoms with Gasteiger partial charge in [0.1, 0.15) is 0 Å². The molecule has 0 bridgehead atoms. The first kappa shape index (κ1) is 13.7. The summed E-state index contributed by atoms with van der Waals surface area (Å²) in [6.45, 7) is 1.56. The molecule has 1 saturated carbocycles. The van der Waals surface area contributed by atoms with Crippen molar-refractivity contribution in [3.63, 3.8) is 0 Å². The van der Waals surface area contributed by atoms with Gasteiger partial charge in [-0.15, -0.1) is 0 Å². The van der Waals surface area contributed by atoms with Crippen LogP contribution in [0.1, 0.15) is 39.0 Å². The van der Waals surface area contributed by atoms with Crippen LogP contribution in [0.5, 0.6) is 0 Å². The van der Waals surface area contributed by atoms with E-state index < -0.39 is 23.8 Å². The molecule has 0 aromatic heterocycles. The molecule has 1 heterocycles. The number of esters is 1. The molecule has 1 saturated heterocycles. The van der Waals surface area contributed by atoms with Gasteiger partial charge in [-0.1, -0.05) is 0 Å². The average molecular weight is 264 g/mol. The summed E-state index contributed by atoms with van der Waals surface area (Å²) in [7, 11) is 0. The Hall–Kier alpha value is -0.750. The molecule has 18 heavy (non-hydrogen) atoms. The molecule has 2 aliphatic rings. The fraction of sp³-hybridized carbons (Fsp3) is 0.917. The van der Waals surface area contributed by atoms with E-state index in [0.717, 1.165) is 19.3 Å². The second kappa shape index (κ2) is 5.09. The fourth-order valence-electron chi connectivity index (χ4n) is 2.38. The van der Waals surface area contributed by atoms with Crippen LogP contribution in [0.2, 0.25) is 0 Å². The zero-order chi connectivity index (χ0) is 13.2. The molecule has 6 heteroatoms. The third kappa shape index (κ3) is 2.80. The maximum atomic E-state index is 12.9. The molecule has 0 amide bonds. The molecular weight excluding hydrogens is 246 g/mol. The molecule has 104 valence electrons. The van der Waals surface area contributed by atoms with Crippen LogP contribution in [0.15, 0.2) is 0 Å². The van der Waals surface area contributed by atoms with E-state index in [1.807, 2.05) is 0 Å². The Kier molecular flexibility index (Phi) is 3.87. The smallest absolute Gasteiger partial charge is 0.377 e. The molecule has 0 aromatic carbocycles. The van der Waals surface area contributed by atoms with E-state index in [-0.39, 0.29) is 0 Å². The van der Waals surface area contributed by atoms with Gasteiger partial charge in [-0.3, -0.25) is 0 Å². The lowest BCUT2D eigenvalue weighted by molar-refractivity contribution is -0.322. The van der Waals surface area contributed by atoms with Crippen LogP contribution in [0.4, 0.5) is 8.78 Å². The quantitative estimate of drug-likeness (QED) is 0.718. The predicted octanol–water partition coefficient (Wildman–Crippen LogP) is 2.26. The fourth-order valence-corrected chi connectivity index (χ4v) is 2.38. The number of alkyl halides is 2. The Morgan fingerprint density at radius 1 is 1.28 bits per heavy atom. The van der Waals surface area contributed by atoms with Gasteiger partial charge in [0.05, 0.1) is 13.2 Å². The van der Waals surface area contributed by atoms with Crippen LogP contribution in [-0.4, -0.2) is 37.0 Å². The molecule has 1 aliphatic heterocycles. The summed E-state index contributed by atoms with van der Waals surface area (Å²) < 4.78 is 41.8.